The van der Waals surface area contributed by atoms with Gasteiger partial charge in [0.1, 0.15) is 11.5 Å². The van der Waals surface area contributed by atoms with E-state index in [9.17, 15) is 19.7 Å². The Bertz CT molecular complexity index is 2100. The summed E-state index contributed by atoms with van der Waals surface area (Å²) in [5.74, 6) is 0.527. The summed E-state index contributed by atoms with van der Waals surface area (Å²) in [5, 5.41) is 14.4. The van der Waals surface area contributed by atoms with Crippen LogP contribution in [0.4, 0.5) is 11.4 Å². The molecule has 214 valence electrons. The number of rotatable bonds is 6. The third kappa shape index (κ3) is 5.24. The SMILES string of the molecule is CC1=C(C(=O)Nc2ccccc2)[C@H](c2ccc(C)cc2)n2c(s/c(=C\c3ccc(-c4cccc([N+](=O)[O-])c4C)o3)c2=O)=N1. The van der Waals surface area contributed by atoms with Crippen LogP contribution in [0.3, 0.4) is 0 Å². The predicted molar refractivity (Wildman–Crippen MR) is 166 cm³/mol. The lowest BCUT2D eigenvalue weighted by molar-refractivity contribution is -0.385. The van der Waals surface area contributed by atoms with E-state index in [0.29, 0.717) is 48.9 Å². The fraction of sp³-hybridized carbons (Fsp3) is 0.121. The van der Waals surface area contributed by atoms with E-state index in [2.05, 4.69) is 10.3 Å². The number of hydrogen-bond acceptors (Lipinski definition) is 7. The number of aryl methyl sites for hydroxylation is 1. The molecule has 1 atom stereocenters. The van der Waals surface area contributed by atoms with Crippen molar-refractivity contribution in [3.63, 3.8) is 0 Å². The topological polar surface area (TPSA) is 120 Å². The molecule has 2 aromatic heterocycles. The highest BCUT2D eigenvalue weighted by molar-refractivity contribution is 7.07. The standard InChI is InChI=1S/C33H26N4O5S/c1-19-12-14-22(15-13-19)30-29(31(38)35-23-8-5-4-6-9-23)21(3)34-33-36(30)32(39)28(43-33)18-24-16-17-27(42-24)25-10-7-11-26(20(25)2)37(40)41/h4-18,30H,1-3H3,(H,35,38)/b28-18-/t30-/m0/s1. The van der Waals surface area contributed by atoms with Crippen molar-refractivity contribution in [2.24, 2.45) is 4.99 Å². The number of allylic oxidation sites excluding steroid dienone is 1. The first-order chi connectivity index (χ1) is 20.7. The maximum absolute atomic E-state index is 14.0. The maximum Gasteiger partial charge on any atom is 0.273 e. The number of carbonyl (C=O) groups excluding carboxylic acids is 1. The first-order valence-electron chi connectivity index (χ1n) is 13.5. The number of carbonyl (C=O) groups is 1. The molecular formula is C33H26N4O5S. The molecule has 0 unspecified atom stereocenters. The number of anilines is 1. The number of amides is 1. The Morgan fingerprint density at radius 2 is 1.74 bits per heavy atom. The summed E-state index contributed by atoms with van der Waals surface area (Å²) in [6.07, 6.45) is 1.63. The molecule has 43 heavy (non-hydrogen) atoms. The van der Waals surface area contributed by atoms with Gasteiger partial charge in [0.05, 0.1) is 26.8 Å². The van der Waals surface area contributed by atoms with E-state index in [1.54, 1.807) is 60.9 Å². The zero-order chi connectivity index (χ0) is 30.2. The highest BCUT2D eigenvalue weighted by Gasteiger charge is 2.32. The van der Waals surface area contributed by atoms with Crippen molar-refractivity contribution in [3.8, 4) is 11.3 Å². The number of furan rings is 1. The van der Waals surface area contributed by atoms with Gasteiger partial charge in [-0.3, -0.25) is 24.3 Å². The van der Waals surface area contributed by atoms with Crippen LogP contribution in [0, 0.1) is 24.0 Å². The minimum Gasteiger partial charge on any atom is -0.457 e. The zero-order valence-corrected chi connectivity index (χ0v) is 24.3. The monoisotopic (exact) mass is 590 g/mol. The van der Waals surface area contributed by atoms with E-state index in [1.807, 2.05) is 49.4 Å². The second-order valence-electron chi connectivity index (χ2n) is 10.2. The van der Waals surface area contributed by atoms with Gasteiger partial charge in [0.2, 0.25) is 0 Å². The van der Waals surface area contributed by atoms with Gasteiger partial charge in [0.15, 0.2) is 4.80 Å². The second kappa shape index (κ2) is 11.1. The number of nitrogens with one attached hydrogen (secondary N) is 1. The molecule has 0 spiro atoms. The van der Waals surface area contributed by atoms with Crippen LogP contribution >= 0.6 is 11.3 Å². The van der Waals surface area contributed by atoms with Gasteiger partial charge >= 0.3 is 0 Å². The van der Waals surface area contributed by atoms with E-state index >= 15 is 0 Å². The van der Waals surface area contributed by atoms with Gasteiger partial charge in [-0.15, -0.1) is 0 Å². The number of benzene rings is 3. The quantitative estimate of drug-likeness (QED) is 0.202. The van der Waals surface area contributed by atoms with Crippen molar-refractivity contribution in [1.82, 2.24) is 4.57 Å². The van der Waals surface area contributed by atoms with Gasteiger partial charge in [0, 0.05) is 29.0 Å². The van der Waals surface area contributed by atoms with Gasteiger partial charge in [-0.05, 0) is 50.6 Å². The summed E-state index contributed by atoms with van der Waals surface area (Å²) in [4.78, 5) is 43.8. The Labute approximate surface area is 249 Å². The minimum atomic E-state index is -0.692. The van der Waals surface area contributed by atoms with Gasteiger partial charge in [-0.2, -0.15) is 0 Å². The third-order valence-corrected chi connectivity index (χ3v) is 8.34. The number of aromatic nitrogens is 1. The fourth-order valence-corrected chi connectivity index (χ4v) is 6.22. The van der Waals surface area contributed by atoms with Gasteiger partial charge in [-0.1, -0.05) is 71.5 Å². The molecule has 0 bridgehead atoms. The first kappa shape index (κ1) is 27.8. The first-order valence-corrected chi connectivity index (χ1v) is 14.3. The fourth-order valence-electron chi connectivity index (χ4n) is 5.19. The van der Waals surface area contributed by atoms with Crippen molar-refractivity contribution in [2.75, 3.05) is 5.32 Å². The Morgan fingerprint density at radius 1 is 1.00 bits per heavy atom. The zero-order valence-electron chi connectivity index (χ0n) is 23.5. The molecular weight excluding hydrogens is 564 g/mol. The average molecular weight is 591 g/mol. The lowest BCUT2D eigenvalue weighted by atomic mass is 9.94. The molecule has 5 aromatic rings. The molecule has 0 fully saturated rings. The van der Waals surface area contributed by atoms with Crippen LogP contribution in [0.25, 0.3) is 17.4 Å². The van der Waals surface area contributed by atoms with Crippen molar-refractivity contribution >= 4 is 34.7 Å². The second-order valence-corrected chi connectivity index (χ2v) is 11.2. The lowest BCUT2D eigenvalue weighted by Gasteiger charge is -2.25. The molecule has 3 heterocycles. The van der Waals surface area contributed by atoms with Gasteiger partial charge < -0.3 is 9.73 Å². The third-order valence-electron chi connectivity index (χ3n) is 7.36. The van der Waals surface area contributed by atoms with Crippen LogP contribution < -0.4 is 20.2 Å². The maximum atomic E-state index is 14.0. The molecule has 0 aliphatic carbocycles. The molecule has 10 heteroatoms. The van der Waals surface area contributed by atoms with Crippen LogP contribution in [0.2, 0.25) is 0 Å². The molecule has 0 saturated carbocycles. The minimum absolute atomic E-state index is 0.00217. The number of fused-ring (bicyclic) bond motifs is 1. The van der Waals surface area contributed by atoms with Crippen molar-refractivity contribution in [2.45, 2.75) is 26.8 Å². The number of nitro benzene ring substituents is 1. The Balaban J connectivity index is 1.44. The number of thiazole rings is 1. The molecule has 0 radical (unpaired) electrons. The molecule has 1 aliphatic heterocycles. The average Bonchev–Trinajstić information content (AvgIpc) is 3.57. The highest BCUT2D eigenvalue weighted by Crippen LogP contribution is 2.32. The normalized spacial score (nSPS) is 14.8. The molecule has 1 aliphatic rings. The molecule has 6 rings (SSSR count). The van der Waals surface area contributed by atoms with Crippen molar-refractivity contribution in [1.29, 1.82) is 0 Å². The molecule has 3 aromatic carbocycles. The molecule has 0 saturated heterocycles. The molecule has 1 amide bonds. The van der Waals surface area contributed by atoms with E-state index in [1.165, 1.54) is 17.4 Å². The number of nitrogens with zero attached hydrogens (tertiary/aromatic N) is 3. The van der Waals surface area contributed by atoms with Crippen molar-refractivity contribution < 1.29 is 14.1 Å². The largest absolute Gasteiger partial charge is 0.457 e. The van der Waals surface area contributed by atoms with Crippen LogP contribution in [-0.2, 0) is 4.79 Å². The number of para-hydroxylation sites is 1. The van der Waals surface area contributed by atoms with Crippen LogP contribution in [-0.4, -0.2) is 15.4 Å². The summed E-state index contributed by atoms with van der Waals surface area (Å²) in [5.41, 5.74) is 4.16. The Kier molecular flexibility index (Phi) is 7.21. The number of hydrogen-bond donors (Lipinski definition) is 1. The van der Waals surface area contributed by atoms with E-state index in [4.69, 9.17) is 4.42 Å². The lowest BCUT2D eigenvalue weighted by Crippen LogP contribution is -2.40. The van der Waals surface area contributed by atoms with E-state index in [0.717, 1.165) is 11.1 Å². The van der Waals surface area contributed by atoms with E-state index < -0.39 is 11.0 Å². The summed E-state index contributed by atoms with van der Waals surface area (Å²) in [6.45, 7) is 5.43. The van der Waals surface area contributed by atoms with Crippen molar-refractivity contribution in [3.05, 3.63) is 148 Å². The summed E-state index contributed by atoms with van der Waals surface area (Å²) >= 11 is 1.21. The Hall–Kier alpha value is -5.35. The van der Waals surface area contributed by atoms with Crippen LogP contribution in [0.1, 0.15) is 35.4 Å². The highest BCUT2D eigenvalue weighted by atomic mass is 32.1. The molecule has 9 nitrogen and oxygen atoms in total. The Morgan fingerprint density at radius 3 is 2.47 bits per heavy atom. The number of nitro groups is 1. The van der Waals surface area contributed by atoms with Crippen LogP contribution in [0.5, 0.6) is 0 Å². The smallest absolute Gasteiger partial charge is 0.273 e. The van der Waals surface area contributed by atoms with Gasteiger partial charge in [-0.25, -0.2) is 4.99 Å². The molecule has 1 N–H and O–H groups in total. The van der Waals surface area contributed by atoms with E-state index in [-0.39, 0.29) is 17.2 Å². The van der Waals surface area contributed by atoms with Crippen LogP contribution in [0.15, 0.2) is 110 Å². The summed E-state index contributed by atoms with van der Waals surface area (Å²) < 4.78 is 7.96. The predicted octanol–water partition coefficient (Wildman–Crippen LogP) is 5.66. The summed E-state index contributed by atoms with van der Waals surface area (Å²) in [7, 11) is 0. The summed E-state index contributed by atoms with van der Waals surface area (Å²) in [6, 6.07) is 24.5. The van der Waals surface area contributed by atoms with Gasteiger partial charge in [0.25, 0.3) is 17.2 Å².